The summed E-state index contributed by atoms with van der Waals surface area (Å²) in [7, 11) is 1.39. The number of benzene rings is 2. The van der Waals surface area contributed by atoms with Gasteiger partial charge >= 0.3 is 6.61 Å². The minimum Gasteiger partial charge on any atom is -0.435 e. The number of hydrogen-bond acceptors (Lipinski definition) is 6. The lowest BCUT2D eigenvalue weighted by atomic mass is 10.1. The fraction of sp³-hybridized carbons (Fsp3) is 0.143. The van der Waals surface area contributed by atoms with Gasteiger partial charge in [0, 0.05) is 23.1 Å². The molecular weight excluding hydrogens is 428 g/mol. The Morgan fingerprint density at radius 1 is 1.10 bits per heavy atom. The SMILES string of the molecule is Cc1sc(NC(=O)c2ccc3c(c2)C(=O)N(C)C3=O)nc1-c1ccc(OC(F)F)cc1. The Hall–Kier alpha value is -3.66. The average molecular weight is 443 g/mol. The number of imide groups is 1. The first-order valence-corrected chi connectivity index (χ1v) is 9.86. The van der Waals surface area contributed by atoms with Crippen molar-refractivity contribution < 1.29 is 27.9 Å². The van der Waals surface area contributed by atoms with Gasteiger partial charge in [0.2, 0.25) is 0 Å². The van der Waals surface area contributed by atoms with Crippen LogP contribution in [0.3, 0.4) is 0 Å². The molecule has 0 aliphatic carbocycles. The molecule has 1 N–H and O–H groups in total. The van der Waals surface area contributed by atoms with Crippen LogP contribution in [0.15, 0.2) is 42.5 Å². The molecule has 158 valence electrons. The second-order valence-corrected chi connectivity index (χ2v) is 7.91. The van der Waals surface area contributed by atoms with E-state index in [0.29, 0.717) is 16.4 Å². The average Bonchev–Trinajstić information content (AvgIpc) is 3.20. The van der Waals surface area contributed by atoms with Crippen LogP contribution < -0.4 is 10.1 Å². The van der Waals surface area contributed by atoms with Crippen LogP contribution in [-0.2, 0) is 0 Å². The number of thiazole rings is 1. The summed E-state index contributed by atoms with van der Waals surface area (Å²) in [6.07, 6.45) is 0. The first-order chi connectivity index (χ1) is 14.7. The zero-order valence-electron chi connectivity index (χ0n) is 16.3. The molecule has 0 spiro atoms. The van der Waals surface area contributed by atoms with Crippen molar-refractivity contribution in [3.05, 3.63) is 64.0 Å². The quantitative estimate of drug-likeness (QED) is 0.597. The lowest BCUT2D eigenvalue weighted by Crippen LogP contribution is -2.24. The smallest absolute Gasteiger partial charge is 0.387 e. The van der Waals surface area contributed by atoms with Gasteiger partial charge in [-0.2, -0.15) is 8.78 Å². The number of ether oxygens (including phenoxy) is 1. The van der Waals surface area contributed by atoms with Gasteiger partial charge in [-0.3, -0.25) is 24.6 Å². The lowest BCUT2D eigenvalue weighted by Gasteiger charge is -2.05. The van der Waals surface area contributed by atoms with Crippen molar-refractivity contribution in [2.45, 2.75) is 13.5 Å². The van der Waals surface area contributed by atoms with Crippen LogP contribution in [0.4, 0.5) is 13.9 Å². The molecule has 0 saturated heterocycles. The van der Waals surface area contributed by atoms with Crippen LogP contribution in [0.25, 0.3) is 11.3 Å². The van der Waals surface area contributed by atoms with Crippen LogP contribution in [0.5, 0.6) is 5.75 Å². The van der Waals surface area contributed by atoms with Gasteiger partial charge in [0.1, 0.15) is 5.75 Å². The van der Waals surface area contributed by atoms with Gasteiger partial charge in [0.25, 0.3) is 17.7 Å². The number of anilines is 1. The summed E-state index contributed by atoms with van der Waals surface area (Å²) < 4.78 is 28.9. The number of rotatable bonds is 5. The molecule has 0 radical (unpaired) electrons. The van der Waals surface area contributed by atoms with Crippen molar-refractivity contribution in [2.24, 2.45) is 0 Å². The minimum atomic E-state index is -2.90. The van der Waals surface area contributed by atoms with Crippen molar-refractivity contribution in [1.82, 2.24) is 9.88 Å². The van der Waals surface area contributed by atoms with Crippen molar-refractivity contribution >= 4 is 34.2 Å². The Bertz CT molecular complexity index is 1210. The molecule has 0 fully saturated rings. The number of hydrogen-bond donors (Lipinski definition) is 1. The monoisotopic (exact) mass is 443 g/mol. The second-order valence-electron chi connectivity index (χ2n) is 6.71. The molecule has 1 aliphatic rings. The number of alkyl halides is 2. The topological polar surface area (TPSA) is 88.6 Å². The molecule has 3 amide bonds. The van der Waals surface area contributed by atoms with Crippen molar-refractivity contribution in [2.75, 3.05) is 12.4 Å². The molecule has 10 heteroatoms. The van der Waals surface area contributed by atoms with Gasteiger partial charge in [0.05, 0.1) is 16.8 Å². The van der Waals surface area contributed by atoms with Crippen LogP contribution in [0.2, 0.25) is 0 Å². The summed E-state index contributed by atoms with van der Waals surface area (Å²) in [4.78, 5) is 43.0. The predicted octanol–water partition coefficient (Wildman–Crippen LogP) is 4.20. The van der Waals surface area contributed by atoms with Crippen molar-refractivity contribution in [3.63, 3.8) is 0 Å². The first-order valence-electron chi connectivity index (χ1n) is 9.05. The highest BCUT2D eigenvalue weighted by Gasteiger charge is 2.33. The van der Waals surface area contributed by atoms with E-state index < -0.39 is 24.3 Å². The Kier molecular flexibility index (Phi) is 5.24. The van der Waals surface area contributed by atoms with E-state index in [1.807, 2.05) is 6.92 Å². The van der Waals surface area contributed by atoms with E-state index in [9.17, 15) is 23.2 Å². The molecule has 7 nitrogen and oxygen atoms in total. The van der Waals surface area contributed by atoms with E-state index in [-0.39, 0.29) is 22.4 Å². The highest BCUT2D eigenvalue weighted by atomic mass is 32.1. The second kappa shape index (κ2) is 7.88. The molecule has 0 atom stereocenters. The number of carbonyl (C=O) groups is 3. The maximum Gasteiger partial charge on any atom is 0.387 e. The van der Waals surface area contributed by atoms with Crippen molar-refractivity contribution in [3.8, 4) is 17.0 Å². The van der Waals surface area contributed by atoms with E-state index in [1.54, 1.807) is 12.1 Å². The molecule has 0 bridgehead atoms. The summed E-state index contributed by atoms with van der Waals surface area (Å²) in [5.41, 5.74) is 1.94. The maximum absolute atomic E-state index is 12.6. The number of nitrogens with zero attached hydrogens (tertiary/aromatic N) is 2. The summed E-state index contributed by atoms with van der Waals surface area (Å²) in [6, 6.07) is 10.3. The Labute approximate surface area is 179 Å². The van der Waals surface area contributed by atoms with E-state index >= 15 is 0 Å². The van der Waals surface area contributed by atoms with E-state index in [0.717, 1.165) is 9.78 Å². The highest BCUT2D eigenvalue weighted by Crippen LogP contribution is 2.32. The first kappa shape index (κ1) is 20.6. The van der Waals surface area contributed by atoms with Gasteiger partial charge in [0.15, 0.2) is 5.13 Å². The molecule has 0 unspecified atom stereocenters. The van der Waals surface area contributed by atoms with Crippen molar-refractivity contribution in [1.29, 1.82) is 0 Å². The zero-order valence-corrected chi connectivity index (χ0v) is 17.1. The maximum atomic E-state index is 12.6. The number of fused-ring (bicyclic) bond motifs is 1. The standard InChI is InChI=1S/C21H15F2N3O4S/c1-10-16(11-3-6-13(7-4-11)30-20(22)23)24-21(31-10)25-17(27)12-5-8-14-15(9-12)19(29)26(2)18(14)28/h3-9,20H,1-2H3,(H,24,25,27). The number of amides is 3. The molecule has 2 heterocycles. The van der Waals surface area contributed by atoms with Gasteiger partial charge in [-0.05, 0) is 49.4 Å². The summed E-state index contributed by atoms with van der Waals surface area (Å²) in [5, 5.41) is 3.03. The number of aromatic nitrogens is 1. The van der Waals surface area contributed by atoms with E-state index in [4.69, 9.17) is 0 Å². The third-order valence-corrected chi connectivity index (χ3v) is 5.61. The molecule has 0 saturated carbocycles. The van der Waals surface area contributed by atoms with Gasteiger partial charge < -0.3 is 4.74 Å². The lowest BCUT2D eigenvalue weighted by molar-refractivity contribution is -0.0498. The predicted molar refractivity (Wildman–Crippen MR) is 110 cm³/mol. The molecule has 1 aromatic heterocycles. The third-order valence-electron chi connectivity index (χ3n) is 4.72. The number of aryl methyl sites for hydroxylation is 1. The molecule has 31 heavy (non-hydrogen) atoms. The highest BCUT2D eigenvalue weighted by molar-refractivity contribution is 7.16. The molecule has 3 aromatic rings. The molecular formula is C21H15F2N3O4S. The fourth-order valence-electron chi connectivity index (χ4n) is 3.18. The summed E-state index contributed by atoms with van der Waals surface area (Å²) >= 11 is 1.25. The van der Waals surface area contributed by atoms with E-state index in [1.165, 1.54) is 48.7 Å². The van der Waals surface area contributed by atoms with Gasteiger partial charge in [-0.25, -0.2) is 4.98 Å². The van der Waals surface area contributed by atoms with E-state index in [2.05, 4.69) is 15.0 Å². The Morgan fingerprint density at radius 3 is 2.45 bits per heavy atom. The van der Waals surface area contributed by atoms with Crippen LogP contribution >= 0.6 is 11.3 Å². The number of nitrogens with one attached hydrogen (secondary N) is 1. The van der Waals surface area contributed by atoms with Crippen LogP contribution in [0.1, 0.15) is 36.0 Å². The van der Waals surface area contributed by atoms with Gasteiger partial charge in [-0.15, -0.1) is 11.3 Å². The zero-order chi connectivity index (χ0) is 22.3. The Morgan fingerprint density at radius 2 is 1.77 bits per heavy atom. The van der Waals surface area contributed by atoms with Crippen LogP contribution in [-0.4, -0.2) is 41.3 Å². The largest absolute Gasteiger partial charge is 0.435 e. The normalized spacial score (nSPS) is 13.0. The summed E-state index contributed by atoms with van der Waals surface area (Å²) in [6.45, 7) is -1.08. The van der Waals surface area contributed by atoms with Crippen LogP contribution in [0, 0.1) is 6.92 Å². The molecule has 2 aromatic carbocycles. The fourth-order valence-corrected chi connectivity index (χ4v) is 4.01. The van der Waals surface area contributed by atoms with Gasteiger partial charge in [-0.1, -0.05) is 0 Å². The molecule has 4 rings (SSSR count). The summed E-state index contributed by atoms with van der Waals surface area (Å²) in [5.74, 6) is -1.30. The Balaban J connectivity index is 1.53. The number of halogens is 2. The molecule has 1 aliphatic heterocycles. The third kappa shape index (κ3) is 3.89. The minimum absolute atomic E-state index is 0.0374. The number of carbonyl (C=O) groups excluding carboxylic acids is 3.